The lowest BCUT2D eigenvalue weighted by atomic mass is 10.4. The molecule has 0 aromatic carbocycles. The van der Waals surface area contributed by atoms with Crippen LogP contribution in [0.5, 0.6) is 0 Å². The van der Waals surface area contributed by atoms with E-state index in [0.29, 0.717) is 0 Å². The smallest absolute Gasteiger partial charge is 0.227 e. The molecule has 0 spiro atoms. The lowest BCUT2D eigenvalue weighted by Gasteiger charge is -2.14. The monoisotopic (exact) mass is 178 g/mol. The Hall–Kier alpha value is 0.360. The first kappa shape index (κ1) is 7.47. The maximum absolute atomic E-state index is 12.4. The molecule has 0 amide bonds. The third-order valence-electron chi connectivity index (χ3n) is 0.830. The second kappa shape index (κ2) is 1.92. The van der Waals surface area contributed by atoms with Gasteiger partial charge in [-0.3, -0.25) is 0 Å². The molecule has 1 fully saturated rings. The first-order chi connectivity index (χ1) is 3.96. The number of rotatable bonds is 0. The fourth-order valence-corrected chi connectivity index (χ4v) is 0.498. The summed E-state index contributed by atoms with van der Waals surface area (Å²) in [5, 5.41) is -5.84. The zero-order chi connectivity index (χ0) is 7.12. The van der Waals surface area contributed by atoms with E-state index in [9.17, 15) is 8.78 Å². The van der Waals surface area contributed by atoms with Crippen molar-refractivity contribution in [3.63, 3.8) is 0 Å². The van der Waals surface area contributed by atoms with Gasteiger partial charge in [0.2, 0.25) is 0 Å². The lowest BCUT2D eigenvalue weighted by Crippen LogP contribution is -2.35. The molecule has 1 rings (SSSR count). The zero-order valence-electron chi connectivity index (χ0n) is 4.04. The van der Waals surface area contributed by atoms with Gasteiger partial charge in [-0.2, -0.15) is 9.28 Å². The van der Waals surface area contributed by atoms with E-state index in [2.05, 4.69) is 9.78 Å². The molecule has 0 radical (unpaired) electrons. The van der Waals surface area contributed by atoms with Gasteiger partial charge in [-0.1, -0.05) is 11.6 Å². The largest absolute Gasteiger partial charge is 0.364 e. The third-order valence-corrected chi connectivity index (χ3v) is 1.64. The van der Waals surface area contributed by atoms with E-state index < -0.39 is 17.0 Å². The Balaban J connectivity index is 2.75. The summed E-state index contributed by atoms with van der Waals surface area (Å²) in [6.45, 7) is -0.714. The zero-order valence-corrected chi connectivity index (χ0v) is 5.55. The van der Waals surface area contributed by atoms with Crippen LogP contribution in [0, 0.1) is 0 Å². The molecule has 0 bridgehead atoms. The Kier molecular flexibility index (Phi) is 1.59. The first-order valence-electron chi connectivity index (χ1n) is 2.02. The van der Waals surface area contributed by atoms with Crippen molar-refractivity contribution in [2.45, 2.75) is 10.4 Å². The van der Waals surface area contributed by atoms with Crippen LogP contribution in [0.25, 0.3) is 0 Å². The van der Waals surface area contributed by atoms with Gasteiger partial charge in [0, 0.05) is 0 Å². The van der Waals surface area contributed by atoms with Crippen molar-refractivity contribution >= 4 is 23.2 Å². The Morgan fingerprint density at radius 3 is 2.00 bits per heavy atom. The number of halogens is 4. The molecule has 54 valence electrons. The van der Waals surface area contributed by atoms with Gasteiger partial charge < -0.3 is 0 Å². The summed E-state index contributed by atoms with van der Waals surface area (Å²) in [7, 11) is 0. The third kappa shape index (κ3) is 1.12. The van der Waals surface area contributed by atoms with Crippen molar-refractivity contribution < 1.29 is 18.6 Å². The molecular formula is C3H2Cl2F2O2. The molecule has 9 heavy (non-hydrogen) atoms. The van der Waals surface area contributed by atoms with E-state index >= 15 is 0 Å². The molecule has 0 aromatic heterocycles. The quantitative estimate of drug-likeness (QED) is 0.416. The van der Waals surface area contributed by atoms with Gasteiger partial charge in [0.1, 0.15) is 6.61 Å². The van der Waals surface area contributed by atoms with Gasteiger partial charge in [0.25, 0.3) is 5.13 Å². The second-order valence-electron chi connectivity index (χ2n) is 1.57. The molecule has 1 aliphatic rings. The van der Waals surface area contributed by atoms with Crippen LogP contribution in [0.4, 0.5) is 8.78 Å². The van der Waals surface area contributed by atoms with Crippen LogP contribution in [0.1, 0.15) is 0 Å². The Morgan fingerprint density at radius 2 is 1.89 bits per heavy atom. The average molecular weight is 179 g/mol. The molecule has 2 nitrogen and oxygen atoms in total. The van der Waals surface area contributed by atoms with E-state index in [1.54, 1.807) is 0 Å². The summed E-state index contributed by atoms with van der Waals surface area (Å²) in [5.74, 6) is 0. The fourth-order valence-electron chi connectivity index (χ4n) is 0.322. The molecule has 0 saturated carbocycles. The first-order valence-corrected chi connectivity index (χ1v) is 2.77. The maximum Gasteiger partial charge on any atom is 0.364 e. The van der Waals surface area contributed by atoms with E-state index in [0.717, 1.165) is 0 Å². The fraction of sp³-hybridized carbons (Fsp3) is 1.00. The van der Waals surface area contributed by atoms with Gasteiger partial charge in [-0.15, -0.1) is 0 Å². The van der Waals surface area contributed by atoms with Crippen LogP contribution < -0.4 is 0 Å². The van der Waals surface area contributed by atoms with Crippen LogP contribution >= 0.6 is 23.2 Å². The highest BCUT2D eigenvalue weighted by molar-refractivity contribution is 6.32. The van der Waals surface area contributed by atoms with Crippen LogP contribution in [-0.2, 0) is 9.78 Å². The molecule has 0 aromatic rings. The highest BCUT2D eigenvalue weighted by atomic mass is 35.5. The van der Waals surface area contributed by atoms with Crippen LogP contribution in [0.2, 0.25) is 0 Å². The van der Waals surface area contributed by atoms with E-state index in [1.807, 2.05) is 0 Å². The molecule has 1 heterocycles. The number of hydrogen-bond acceptors (Lipinski definition) is 2. The normalized spacial score (nSPS) is 52.0. The summed E-state index contributed by atoms with van der Waals surface area (Å²) in [6.07, 6.45) is 0. The van der Waals surface area contributed by atoms with Gasteiger partial charge in [-0.25, -0.2) is 9.28 Å². The van der Waals surface area contributed by atoms with Crippen molar-refractivity contribution in [2.75, 3.05) is 6.61 Å². The number of hydrogen-bond donors (Lipinski definition) is 0. The SMILES string of the molecule is F[C@]1(Cl)COO[C@]1(F)Cl. The van der Waals surface area contributed by atoms with Crippen molar-refractivity contribution in [3.05, 3.63) is 0 Å². The van der Waals surface area contributed by atoms with Crippen molar-refractivity contribution in [1.29, 1.82) is 0 Å². The second-order valence-corrected chi connectivity index (χ2v) is 2.65. The minimum absolute atomic E-state index is 0.714. The van der Waals surface area contributed by atoms with E-state index in [-0.39, 0.29) is 0 Å². The molecule has 6 heteroatoms. The molecule has 0 aliphatic carbocycles. The topological polar surface area (TPSA) is 18.5 Å². The molecule has 1 saturated heterocycles. The van der Waals surface area contributed by atoms with Crippen LogP contribution in [0.3, 0.4) is 0 Å². The predicted octanol–water partition coefficient (Wildman–Crippen LogP) is 1.71. The molecular weight excluding hydrogens is 177 g/mol. The summed E-state index contributed by atoms with van der Waals surface area (Å²) >= 11 is 9.57. The van der Waals surface area contributed by atoms with Crippen molar-refractivity contribution in [1.82, 2.24) is 0 Å². The van der Waals surface area contributed by atoms with E-state index in [4.69, 9.17) is 23.2 Å². The highest BCUT2D eigenvalue weighted by Gasteiger charge is 2.59. The molecule has 1 aliphatic heterocycles. The highest BCUT2D eigenvalue weighted by Crippen LogP contribution is 2.44. The van der Waals surface area contributed by atoms with E-state index in [1.165, 1.54) is 0 Å². The molecule has 2 atom stereocenters. The Labute approximate surface area is 59.6 Å². The summed E-state index contributed by atoms with van der Waals surface area (Å²) in [5.41, 5.74) is 0. The standard InChI is InChI=1S/C3H2Cl2F2O2/c4-2(6)1-8-9-3(2,5)7/h1H2/t2-,3+/m1/s1. The Bertz CT molecular complexity index is 113. The van der Waals surface area contributed by atoms with Crippen LogP contribution in [-0.4, -0.2) is 17.0 Å². The van der Waals surface area contributed by atoms with Crippen molar-refractivity contribution in [2.24, 2.45) is 0 Å². The predicted molar refractivity (Wildman–Crippen MR) is 26.4 cm³/mol. The van der Waals surface area contributed by atoms with Gasteiger partial charge >= 0.3 is 5.31 Å². The minimum atomic E-state index is -3.06. The van der Waals surface area contributed by atoms with Gasteiger partial charge in [0.05, 0.1) is 0 Å². The lowest BCUT2D eigenvalue weighted by molar-refractivity contribution is -0.318. The average Bonchev–Trinajstić information content (AvgIpc) is 1.81. The van der Waals surface area contributed by atoms with Crippen molar-refractivity contribution in [3.8, 4) is 0 Å². The maximum atomic E-state index is 12.4. The summed E-state index contributed by atoms with van der Waals surface area (Å²) < 4.78 is 24.7. The summed E-state index contributed by atoms with van der Waals surface area (Å²) in [6, 6.07) is 0. The minimum Gasteiger partial charge on any atom is -0.227 e. The van der Waals surface area contributed by atoms with Gasteiger partial charge in [0.15, 0.2) is 0 Å². The Morgan fingerprint density at radius 1 is 1.33 bits per heavy atom. The summed E-state index contributed by atoms with van der Waals surface area (Å²) in [4.78, 5) is 7.51. The van der Waals surface area contributed by atoms with Crippen LogP contribution in [0.15, 0.2) is 0 Å². The number of alkyl halides is 4. The molecule has 0 N–H and O–H groups in total. The van der Waals surface area contributed by atoms with Gasteiger partial charge in [-0.05, 0) is 11.6 Å². The molecule has 0 unspecified atom stereocenters.